The first-order valence-corrected chi connectivity index (χ1v) is 5.64. The van der Waals surface area contributed by atoms with E-state index in [2.05, 4.69) is 5.32 Å². The van der Waals surface area contributed by atoms with Crippen molar-refractivity contribution in [3.63, 3.8) is 0 Å². The van der Waals surface area contributed by atoms with E-state index in [4.69, 9.17) is 5.11 Å². The van der Waals surface area contributed by atoms with Gasteiger partial charge >= 0.3 is 5.97 Å². The topological polar surface area (TPSA) is 107 Å². The van der Waals surface area contributed by atoms with Gasteiger partial charge in [0.25, 0.3) is 5.91 Å². The average Bonchev–Trinajstić information content (AvgIpc) is 2.40. The first-order chi connectivity index (χ1) is 9.47. The number of rotatable bonds is 3. The van der Waals surface area contributed by atoms with E-state index in [0.717, 1.165) is 6.07 Å². The molecular formula is C14H11NO5. The molecule has 2 aromatic rings. The first-order valence-electron chi connectivity index (χ1n) is 5.64. The third-order valence-electron chi connectivity index (χ3n) is 2.60. The van der Waals surface area contributed by atoms with E-state index < -0.39 is 11.9 Å². The summed E-state index contributed by atoms with van der Waals surface area (Å²) >= 11 is 0. The summed E-state index contributed by atoms with van der Waals surface area (Å²) in [5.41, 5.74) is 0.216. The smallest absolute Gasteiger partial charge is 0.335 e. The third-order valence-corrected chi connectivity index (χ3v) is 2.60. The van der Waals surface area contributed by atoms with Crippen molar-refractivity contribution in [2.24, 2.45) is 0 Å². The predicted molar refractivity (Wildman–Crippen MR) is 71.1 cm³/mol. The van der Waals surface area contributed by atoms with Crippen molar-refractivity contribution in [1.29, 1.82) is 0 Å². The van der Waals surface area contributed by atoms with Gasteiger partial charge in [0.2, 0.25) is 0 Å². The molecule has 0 aliphatic heterocycles. The van der Waals surface area contributed by atoms with E-state index in [1.54, 1.807) is 0 Å². The number of aromatic carboxylic acids is 1. The number of amides is 1. The zero-order valence-electron chi connectivity index (χ0n) is 10.2. The molecule has 0 bridgehead atoms. The number of phenols is 2. The Morgan fingerprint density at radius 3 is 2.30 bits per heavy atom. The van der Waals surface area contributed by atoms with Crippen LogP contribution in [0.2, 0.25) is 0 Å². The summed E-state index contributed by atoms with van der Waals surface area (Å²) in [6, 6.07) is 9.31. The Kier molecular flexibility index (Phi) is 3.56. The largest absolute Gasteiger partial charge is 0.508 e. The standard InChI is InChI=1S/C14H11NO5/c16-10-3-1-2-8(6-10)13(18)15-11-5-4-9(14(19)20)7-12(11)17/h1-7,16-17H,(H,15,18)(H,19,20). The third kappa shape index (κ3) is 2.86. The molecule has 0 unspecified atom stereocenters. The second kappa shape index (κ2) is 5.31. The van der Waals surface area contributed by atoms with Crippen LogP contribution in [0.4, 0.5) is 5.69 Å². The van der Waals surface area contributed by atoms with Crippen LogP contribution in [-0.4, -0.2) is 27.2 Å². The fourth-order valence-electron chi connectivity index (χ4n) is 1.61. The lowest BCUT2D eigenvalue weighted by molar-refractivity contribution is 0.0696. The maximum atomic E-state index is 11.9. The Morgan fingerprint density at radius 2 is 1.70 bits per heavy atom. The van der Waals surface area contributed by atoms with Gasteiger partial charge in [0.15, 0.2) is 0 Å². The molecule has 0 fully saturated rings. The van der Waals surface area contributed by atoms with Crippen molar-refractivity contribution in [3.8, 4) is 11.5 Å². The van der Waals surface area contributed by atoms with E-state index in [-0.39, 0.29) is 28.3 Å². The molecule has 0 saturated heterocycles. The molecule has 20 heavy (non-hydrogen) atoms. The number of hydrogen-bond acceptors (Lipinski definition) is 4. The Hall–Kier alpha value is -3.02. The highest BCUT2D eigenvalue weighted by Crippen LogP contribution is 2.25. The van der Waals surface area contributed by atoms with Gasteiger partial charge in [-0.25, -0.2) is 4.79 Å². The number of nitrogens with one attached hydrogen (secondary N) is 1. The molecule has 0 aliphatic rings. The number of carboxylic acids is 1. The lowest BCUT2D eigenvalue weighted by Crippen LogP contribution is -2.12. The molecule has 0 heterocycles. The number of anilines is 1. The van der Waals surface area contributed by atoms with Crippen LogP contribution in [0, 0.1) is 0 Å². The van der Waals surface area contributed by atoms with Crippen molar-refractivity contribution in [2.45, 2.75) is 0 Å². The van der Waals surface area contributed by atoms with Gasteiger partial charge in [-0.3, -0.25) is 4.79 Å². The van der Waals surface area contributed by atoms with Crippen LogP contribution >= 0.6 is 0 Å². The van der Waals surface area contributed by atoms with Crippen molar-refractivity contribution >= 4 is 17.6 Å². The Labute approximate surface area is 113 Å². The van der Waals surface area contributed by atoms with E-state index >= 15 is 0 Å². The summed E-state index contributed by atoms with van der Waals surface area (Å²) < 4.78 is 0. The summed E-state index contributed by atoms with van der Waals surface area (Å²) in [6.45, 7) is 0. The number of carbonyl (C=O) groups excluding carboxylic acids is 1. The second-order valence-electron chi connectivity index (χ2n) is 4.04. The minimum atomic E-state index is -1.17. The van der Waals surface area contributed by atoms with Gasteiger partial charge in [-0.2, -0.15) is 0 Å². The number of benzene rings is 2. The molecule has 0 saturated carbocycles. The van der Waals surface area contributed by atoms with Crippen molar-refractivity contribution in [1.82, 2.24) is 0 Å². The monoisotopic (exact) mass is 273 g/mol. The Bertz CT molecular complexity index is 681. The Balaban J connectivity index is 2.22. The van der Waals surface area contributed by atoms with E-state index in [1.807, 2.05) is 0 Å². The van der Waals surface area contributed by atoms with Crippen molar-refractivity contribution < 1.29 is 24.9 Å². The molecule has 0 aliphatic carbocycles. The van der Waals surface area contributed by atoms with E-state index in [9.17, 15) is 19.8 Å². The highest BCUT2D eigenvalue weighted by molar-refractivity contribution is 6.05. The molecule has 6 heteroatoms. The van der Waals surface area contributed by atoms with Crippen LogP contribution in [0.15, 0.2) is 42.5 Å². The molecule has 0 aromatic heterocycles. The summed E-state index contributed by atoms with van der Waals surface area (Å²) in [5.74, 6) is -2.10. The van der Waals surface area contributed by atoms with E-state index in [0.29, 0.717) is 0 Å². The van der Waals surface area contributed by atoms with Crippen LogP contribution in [0.25, 0.3) is 0 Å². The second-order valence-corrected chi connectivity index (χ2v) is 4.04. The van der Waals surface area contributed by atoms with Crippen LogP contribution in [0.5, 0.6) is 11.5 Å². The van der Waals surface area contributed by atoms with Gasteiger partial charge in [-0.15, -0.1) is 0 Å². The van der Waals surface area contributed by atoms with Gasteiger partial charge in [0, 0.05) is 5.56 Å². The molecule has 2 rings (SSSR count). The summed E-state index contributed by atoms with van der Waals surface area (Å²) in [4.78, 5) is 22.6. The fourth-order valence-corrected chi connectivity index (χ4v) is 1.61. The zero-order valence-corrected chi connectivity index (χ0v) is 10.2. The zero-order chi connectivity index (χ0) is 14.7. The number of hydrogen-bond donors (Lipinski definition) is 4. The Morgan fingerprint density at radius 1 is 0.950 bits per heavy atom. The van der Waals surface area contributed by atoms with Crippen molar-refractivity contribution in [2.75, 3.05) is 5.32 Å². The molecular weight excluding hydrogens is 262 g/mol. The van der Waals surface area contributed by atoms with Crippen LogP contribution in [0.3, 0.4) is 0 Å². The highest BCUT2D eigenvalue weighted by Gasteiger charge is 2.11. The summed E-state index contributed by atoms with van der Waals surface area (Å²) in [6.07, 6.45) is 0. The van der Waals surface area contributed by atoms with Gasteiger partial charge < -0.3 is 20.6 Å². The normalized spacial score (nSPS) is 10.0. The minimum Gasteiger partial charge on any atom is -0.508 e. The molecule has 0 spiro atoms. The number of carboxylic acid groups (broad SMARTS) is 1. The molecule has 1 amide bonds. The van der Waals surface area contributed by atoms with E-state index in [1.165, 1.54) is 36.4 Å². The minimum absolute atomic E-state index is 0.0527. The molecule has 6 nitrogen and oxygen atoms in total. The maximum absolute atomic E-state index is 11.9. The molecule has 0 radical (unpaired) electrons. The fraction of sp³-hybridized carbons (Fsp3) is 0. The lowest BCUT2D eigenvalue weighted by atomic mass is 10.1. The predicted octanol–water partition coefficient (Wildman–Crippen LogP) is 2.05. The molecule has 2 aromatic carbocycles. The van der Waals surface area contributed by atoms with Gasteiger partial charge in [-0.1, -0.05) is 6.07 Å². The molecule has 102 valence electrons. The lowest BCUT2D eigenvalue weighted by Gasteiger charge is -2.08. The first kappa shape index (κ1) is 13.4. The highest BCUT2D eigenvalue weighted by atomic mass is 16.4. The van der Waals surface area contributed by atoms with Gasteiger partial charge in [-0.05, 0) is 36.4 Å². The maximum Gasteiger partial charge on any atom is 0.335 e. The molecule has 0 atom stereocenters. The number of phenolic OH excluding ortho intramolecular Hbond substituents is 2. The summed E-state index contributed by atoms with van der Waals surface area (Å²) in [7, 11) is 0. The van der Waals surface area contributed by atoms with Crippen LogP contribution < -0.4 is 5.32 Å². The average molecular weight is 273 g/mol. The quantitative estimate of drug-likeness (QED) is 0.640. The van der Waals surface area contributed by atoms with Crippen molar-refractivity contribution in [3.05, 3.63) is 53.6 Å². The molecule has 4 N–H and O–H groups in total. The van der Waals surface area contributed by atoms with Crippen LogP contribution in [-0.2, 0) is 0 Å². The summed E-state index contributed by atoms with van der Waals surface area (Å²) in [5, 5.41) is 30.1. The number of aromatic hydroxyl groups is 2. The number of carbonyl (C=O) groups is 2. The SMILES string of the molecule is O=C(O)c1ccc(NC(=O)c2cccc(O)c2)c(O)c1. The van der Waals surface area contributed by atoms with Gasteiger partial charge in [0.1, 0.15) is 11.5 Å². The van der Waals surface area contributed by atoms with Crippen LogP contribution in [0.1, 0.15) is 20.7 Å². The van der Waals surface area contributed by atoms with Gasteiger partial charge in [0.05, 0.1) is 11.3 Å².